The first-order valence-electron chi connectivity index (χ1n) is 11.4. The molecule has 0 fully saturated rings. The molecule has 0 saturated carbocycles. The van der Waals surface area contributed by atoms with Crippen LogP contribution in [0.4, 0.5) is 0 Å². The Hall–Kier alpha value is -3.72. The molecule has 8 nitrogen and oxygen atoms in total. The lowest BCUT2D eigenvalue weighted by Crippen LogP contribution is -2.26. The first-order chi connectivity index (χ1) is 17.0. The molecule has 0 atom stereocenters. The third-order valence-corrected chi connectivity index (χ3v) is 6.22. The van der Waals surface area contributed by atoms with Gasteiger partial charge in [-0.2, -0.15) is 0 Å². The summed E-state index contributed by atoms with van der Waals surface area (Å²) in [4.78, 5) is 22.1. The number of aromatic nitrogens is 5. The zero-order valence-corrected chi connectivity index (χ0v) is 20.9. The highest BCUT2D eigenvalue weighted by Crippen LogP contribution is 2.24. The van der Waals surface area contributed by atoms with Crippen LogP contribution in [0, 0.1) is 13.8 Å². The molecule has 2 heterocycles. The minimum Gasteiger partial charge on any atom is -0.497 e. The van der Waals surface area contributed by atoms with Crippen molar-refractivity contribution in [2.24, 2.45) is 0 Å². The highest BCUT2D eigenvalue weighted by Gasteiger charge is 2.21. The topological polar surface area (TPSA) is 94.8 Å². The molecule has 180 valence electrons. The van der Waals surface area contributed by atoms with Crippen LogP contribution in [0.3, 0.4) is 0 Å². The number of nitrogens with zero attached hydrogens (tertiary/aromatic N) is 5. The maximum Gasteiger partial charge on any atom is 0.273 e. The molecule has 4 rings (SSSR count). The van der Waals surface area contributed by atoms with Gasteiger partial charge in [-0.05, 0) is 62.6 Å². The second-order valence-electron chi connectivity index (χ2n) is 8.06. The molecule has 0 aliphatic rings. The molecular formula is C26H28N6O2S. The van der Waals surface area contributed by atoms with Crippen LogP contribution in [0.5, 0.6) is 5.75 Å². The summed E-state index contributed by atoms with van der Waals surface area (Å²) in [5, 5.41) is 12.2. The average Bonchev–Trinajstić information content (AvgIpc) is 3.29. The summed E-state index contributed by atoms with van der Waals surface area (Å²) in [6.07, 6.45) is 1.73. The number of methoxy groups -OCH3 is 1. The number of thioether (sulfide) groups is 1. The van der Waals surface area contributed by atoms with E-state index in [1.54, 1.807) is 11.8 Å². The van der Waals surface area contributed by atoms with Crippen molar-refractivity contribution in [2.75, 3.05) is 13.7 Å². The molecule has 1 amide bonds. The van der Waals surface area contributed by atoms with Crippen molar-refractivity contribution in [3.05, 3.63) is 89.0 Å². The molecule has 0 aliphatic carbocycles. The van der Waals surface area contributed by atoms with E-state index in [0.717, 1.165) is 35.7 Å². The van der Waals surface area contributed by atoms with Crippen LogP contribution >= 0.6 is 11.8 Å². The lowest BCUT2D eigenvalue weighted by molar-refractivity contribution is 0.0947. The monoisotopic (exact) mass is 488 g/mol. The Balaban J connectivity index is 1.51. The van der Waals surface area contributed by atoms with Gasteiger partial charge >= 0.3 is 0 Å². The number of carbonyl (C=O) groups is 1. The summed E-state index contributed by atoms with van der Waals surface area (Å²) in [6, 6.07) is 19.6. The van der Waals surface area contributed by atoms with E-state index in [-0.39, 0.29) is 5.91 Å². The fraction of sp³-hybridized carbons (Fsp3) is 0.269. The van der Waals surface area contributed by atoms with Gasteiger partial charge in [-0.25, -0.2) is 14.6 Å². The molecule has 2 aromatic carbocycles. The average molecular weight is 489 g/mol. The minimum absolute atomic E-state index is 0.241. The van der Waals surface area contributed by atoms with Gasteiger partial charge in [0.15, 0.2) is 10.9 Å². The highest BCUT2D eigenvalue weighted by molar-refractivity contribution is 7.98. The summed E-state index contributed by atoms with van der Waals surface area (Å²) in [5.41, 5.74) is 4.83. The van der Waals surface area contributed by atoms with E-state index in [0.29, 0.717) is 28.8 Å². The maximum atomic E-state index is 13.1. The number of benzene rings is 2. The Morgan fingerprint density at radius 3 is 2.43 bits per heavy atom. The number of ether oxygens (including phenoxy) is 1. The summed E-state index contributed by atoms with van der Waals surface area (Å²) < 4.78 is 6.95. The molecule has 0 spiro atoms. The summed E-state index contributed by atoms with van der Waals surface area (Å²) in [7, 11) is 1.62. The standard InChI is InChI=1S/C26H28N6O2S/c1-18-16-19(2)29-26(28-18)35-17-23-24(25(33)27-15-7-10-20-8-5-4-6-9-20)30-31-32(23)21-11-13-22(34-3)14-12-21/h4-6,8-9,11-14,16H,7,10,15,17H2,1-3H3,(H,27,33). The molecule has 0 saturated heterocycles. The van der Waals surface area contributed by atoms with Crippen LogP contribution < -0.4 is 10.1 Å². The van der Waals surface area contributed by atoms with E-state index in [1.165, 1.54) is 17.3 Å². The van der Waals surface area contributed by atoms with Gasteiger partial charge in [0.1, 0.15) is 5.75 Å². The van der Waals surface area contributed by atoms with Gasteiger partial charge in [-0.3, -0.25) is 4.79 Å². The van der Waals surface area contributed by atoms with Crippen LogP contribution in [0.2, 0.25) is 0 Å². The van der Waals surface area contributed by atoms with Gasteiger partial charge in [0, 0.05) is 23.7 Å². The zero-order valence-electron chi connectivity index (χ0n) is 20.1. The predicted molar refractivity (Wildman–Crippen MR) is 136 cm³/mol. The molecule has 2 aromatic heterocycles. The maximum absolute atomic E-state index is 13.1. The minimum atomic E-state index is -0.241. The van der Waals surface area contributed by atoms with Crippen molar-refractivity contribution in [1.82, 2.24) is 30.3 Å². The summed E-state index contributed by atoms with van der Waals surface area (Å²) in [6.45, 7) is 4.43. The van der Waals surface area contributed by atoms with Crippen molar-refractivity contribution >= 4 is 17.7 Å². The van der Waals surface area contributed by atoms with Crippen molar-refractivity contribution in [3.8, 4) is 11.4 Å². The largest absolute Gasteiger partial charge is 0.497 e. The number of nitrogens with one attached hydrogen (secondary N) is 1. The van der Waals surface area contributed by atoms with Crippen molar-refractivity contribution in [3.63, 3.8) is 0 Å². The summed E-state index contributed by atoms with van der Waals surface area (Å²) in [5.74, 6) is 0.939. The first kappa shape index (κ1) is 24.4. The van der Waals surface area contributed by atoms with E-state index >= 15 is 0 Å². The molecule has 0 aliphatic heterocycles. The lowest BCUT2D eigenvalue weighted by Gasteiger charge is -2.09. The van der Waals surface area contributed by atoms with E-state index in [9.17, 15) is 4.79 Å². The van der Waals surface area contributed by atoms with Gasteiger partial charge in [0.2, 0.25) is 0 Å². The molecule has 35 heavy (non-hydrogen) atoms. The molecule has 9 heteroatoms. The molecule has 0 bridgehead atoms. The number of hydrogen-bond acceptors (Lipinski definition) is 7. The summed E-state index contributed by atoms with van der Waals surface area (Å²) >= 11 is 1.45. The smallest absolute Gasteiger partial charge is 0.273 e. The Kier molecular flexibility index (Phi) is 8.10. The van der Waals surface area contributed by atoms with Crippen LogP contribution in [0.15, 0.2) is 65.8 Å². The number of hydrogen-bond donors (Lipinski definition) is 1. The Morgan fingerprint density at radius 2 is 1.74 bits per heavy atom. The highest BCUT2D eigenvalue weighted by atomic mass is 32.2. The zero-order chi connectivity index (χ0) is 24.6. The van der Waals surface area contributed by atoms with Crippen LogP contribution in [0.25, 0.3) is 5.69 Å². The van der Waals surface area contributed by atoms with Crippen molar-refractivity contribution in [2.45, 2.75) is 37.6 Å². The first-order valence-corrected chi connectivity index (χ1v) is 12.4. The molecule has 1 N–H and O–H groups in total. The molecule has 4 aromatic rings. The quantitative estimate of drug-likeness (QED) is 0.202. The number of amides is 1. The second kappa shape index (κ2) is 11.6. The molecule has 0 radical (unpaired) electrons. The van der Waals surface area contributed by atoms with Crippen LogP contribution in [-0.2, 0) is 12.2 Å². The number of rotatable bonds is 10. The van der Waals surface area contributed by atoms with Gasteiger partial charge in [0.25, 0.3) is 5.91 Å². The Morgan fingerprint density at radius 1 is 1.03 bits per heavy atom. The van der Waals surface area contributed by atoms with Gasteiger partial charge < -0.3 is 10.1 Å². The van der Waals surface area contributed by atoms with Gasteiger partial charge in [0.05, 0.1) is 18.5 Å². The SMILES string of the molecule is COc1ccc(-n2nnc(C(=O)NCCCc3ccccc3)c2CSc2nc(C)cc(C)n2)cc1. The fourth-order valence-corrected chi connectivity index (χ4v) is 4.59. The third kappa shape index (κ3) is 6.45. The van der Waals surface area contributed by atoms with Gasteiger partial charge in [-0.1, -0.05) is 47.3 Å². The number of carbonyl (C=O) groups excluding carboxylic acids is 1. The van der Waals surface area contributed by atoms with Crippen LogP contribution in [-0.4, -0.2) is 44.5 Å². The van der Waals surface area contributed by atoms with E-state index in [2.05, 4.69) is 37.7 Å². The van der Waals surface area contributed by atoms with E-state index in [4.69, 9.17) is 4.74 Å². The molecule has 0 unspecified atom stereocenters. The van der Waals surface area contributed by atoms with E-state index in [1.807, 2.05) is 62.4 Å². The lowest BCUT2D eigenvalue weighted by atomic mass is 10.1. The Bertz CT molecular complexity index is 1250. The normalized spacial score (nSPS) is 10.8. The molecular weight excluding hydrogens is 460 g/mol. The Labute approximate surface area is 209 Å². The van der Waals surface area contributed by atoms with Crippen molar-refractivity contribution < 1.29 is 9.53 Å². The number of aryl methyl sites for hydroxylation is 3. The predicted octanol–water partition coefficient (Wildman–Crippen LogP) is 4.34. The van der Waals surface area contributed by atoms with Gasteiger partial charge in [-0.15, -0.1) is 5.10 Å². The third-order valence-electron chi connectivity index (χ3n) is 5.37. The van der Waals surface area contributed by atoms with E-state index < -0.39 is 0 Å². The van der Waals surface area contributed by atoms with Crippen LogP contribution in [0.1, 0.15) is 39.6 Å². The fourth-order valence-electron chi connectivity index (χ4n) is 3.65. The van der Waals surface area contributed by atoms with Crippen molar-refractivity contribution in [1.29, 1.82) is 0 Å². The second-order valence-corrected chi connectivity index (χ2v) is 9.00.